The fourth-order valence-corrected chi connectivity index (χ4v) is 0.880. The van der Waals surface area contributed by atoms with Gasteiger partial charge in [-0.15, -0.1) is 0 Å². The Bertz CT molecular complexity index is 237. The Hall–Kier alpha value is -0.600. The molecule has 1 aromatic rings. The van der Waals surface area contributed by atoms with E-state index >= 15 is 0 Å². The molecule has 0 amide bonds. The second-order valence-corrected chi connectivity index (χ2v) is 3.20. The highest BCUT2D eigenvalue weighted by atomic mass is 35.5. The average Bonchev–Trinajstić information content (AvgIpc) is 1.86. The molecule has 0 aliphatic rings. The van der Waals surface area contributed by atoms with Crippen molar-refractivity contribution in [3.05, 3.63) is 35.6 Å². The molecule has 3 heteroatoms. The summed E-state index contributed by atoms with van der Waals surface area (Å²) in [4.78, 5) is 0. The quantitative estimate of drug-likeness (QED) is 0.648. The van der Waals surface area contributed by atoms with Crippen molar-refractivity contribution in [3.63, 3.8) is 0 Å². The minimum atomic E-state index is -1.41. The summed E-state index contributed by atoms with van der Waals surface area (Å²) in [6, 6.07) is 5.41. The fraction of sp³-hybridized carbons (Fsp3) is 0.250. The van der Waals surface area contributed by atoms with Gasteiger partial charge in [-0.25, -0.2) is 4.39 Å². The van der Waals surface area contributed by atoms with Gasteiger partial charge in [0.25, 0.3) is 0 Å². The zero-order valence-electron chi connectivity index (χ0n) is 6.01. The van der Waals surface area contributed by atoms with E-state index in [-0.39, 0.29) is 5.82 Å². The van der Waals surface area contributed by atoms with Crippen LogP contribution in [-0.4, -0.2) is 5.11 Å². The van der Waals surface area contributed by atoms with Crippen LogP contribution in [0.5, 0.6) is 0 Å². The minimum absolute atomic E-state index is 0.338. The first-order valence-electron chi connectivity index (χ1n) is 3.17. The largest absolute Gasteiger partial charge is 0.371 e. The predicted molar refractivity (Wildman–Crippen MR) is 41.8 cm³/mol. The van der Waals surface area contributed by atoms with Crippen molar-refractivity contribution in [2.75, 3.05) is 0 Å². The molecule has 0 aliphatic carbocycles. The van der Waals surface area contributed by atoms with Gasteiger partial charge in [-0.3, -0.25) is 0 Å². The summed E-state index contributed by atoms with van der Waals surface area (Å²) in [6.45, 7) is 1.43. The monoisotopic (exact) mass is 174 g/mol. The van der Waals surface area contributed by atoms with Gasteiger partial charge < -0.3 is 5.11 Å². The zero-order valence-corrected chi connectivity index (χ0v) is 6.77. The molecule has 1 N–H and O–H groups in total. The minimum Gasteiger partial charge on any atom is -0.371 e. The van der Waals surface area contributed by atoms with Gasteiger partial charge in [0.1, 0.15) is 5.82 Å². The Balaban J connectivity index is 2.99. The third kappa shape index (κ3) is 2.17. The van der Waals surface area contributed by atoms with Crippen LogP contribution < -0.4 is 0 Å². The van der Waals surface area contributed by atoms with Crippen molar-refractivity contribution in [1.82, 2.24) is 0 Å². The SMILES string of the molecule is C[C@](O)(Cl)c1ccc(F)cc1. The Morgan fingerprint density at radius 1 is 1.36 bits per heavy atom. The van der Waals surface area contributed by atoms with E-state index in [2.05, 4.69) is 0 Å². The maximum Gasteiger partial charge on any atom is 0.161 e. The molecular weight excluding hydrogens is 167 g/mol. The van der Waals surface area contributed by atoms with Crippen molar-refractivity contribution in [2.45, 2.75) is 12.0 Å². The van der Waals surface area contributed by atoms with Crippen LogP contribution in [0.2, 0.25) is 0 Å². The molecule has 0 fully saturated rings. The molecule has 0 aliphatic heterocycles. The molecule has 0 radical (unpaired) electrons. The van der Waals surface area contributed by atoms with Crippen LogP contribution in [0.3, 0.4) is 0 Å². The molecule has 0 saturated carbocycles. The van der Waals surface area contributed by atoms with Gasteiger partial charge in [0.05, 0.1) is 0 Å². The lowest BCUT2D eigenvalue weighted by Gasteiger charge is -2.13. The van der Waals surface area contributed by atoms with Crippen LogP contribution in [0.25, 0.3) is 0 Å². The number of halogens is 2. The van der Waals surface area contributed by atoms with Gasteiger partial charge in [-0.2, -0.15) is 0 Å². The Morgan fingerprint density at radius 2 is 1.82 bits per heavy atom. The predicted octanol–water partition coefficient (Wildman–Crippen LogP) is 2.23. The standard InChI is InChI=1S/C8H8ClFO/c1-8(9,11)6-2-4-7(10)5-3-6/h2-5,11H,1H3/t8-/m1/s1. The van der Waals surface area contributed by atoms with Crippen molar-refractivity contribution in [2.24, 2.45) is 0 Å². The third-order valence-electron chi connectivity index (χ3n) is 1.37. The zero-order chi connectivity index (χ0) is 8.48. The number of rotatable bonds is 1. The highest BCUT2D eigenvalue weighted by Crippen LogP contribution is 2.24. The molecule has 1 aromatic carbocycles. The molecular formula is C8H8ClFO. The van der Waals surface area contributed by atoms with E-state index < -0.39 is 5.06 Å². The topological polar surface area (TPSA) is 20.2 Å². The molecule has 60 valence electrons. The van der Waals surface area contributed by atoms with Gasteiger partial charge in [-0.1, -0.05) is 23.7 Å². The van der Waals surface area contributed by atoms with Crippen LogP contribution in [0, 0.1) is 5.82 Å². The van der Waals surface area contributed by atoms with Crippen molar-refractivity contribution in [1.29, 1.82) is 0 Å². The van der Waals surface area contributed by atoms with E-state index in [0.29, 0.717) is 5.56 Å². The molecule has 11 heavy (non-hydrogen) atoms. The molecule has 0 spiro atoms. The normalized spacial score (nSPS) is 16.0. The van der Waals surface area contributed by atoms with Gasteiger partial charge in [0, 0.05) is 0 Å². The molecule has 1 atom stereocenters. The lowest BCUT2D eigenvalue weighted by molar-refractivity contribution is 0.150. The van der Waals surface area contributed by atoms with E-state index in [0.717, 1.165) is 0 Å². The van der Waals surface area contributed by atoms with Crippen molar-refractivity contribution in [3.8, 4) is 0 Å². The smallest absolute Gasteiger partial charge is 0.161 e. The van der Waals surface area contributed by atoms with Crippen molar-refractivity contribution >= 4 is 11.6 Å². The number of hydrogen-bond acceptors (Lipinski definition) is 1. The summed E-state index contributed by atoms with van der Waals surface area (Å²) in [6.07, 6.45) is 0. The molecule has 0 aromatic heterocycles. The maximum atomic E-state index is 12.4. The van der Waals surface area contributed by atoms with Gasteiger partial charge >= 0.3 is 0 Å². The Morgan fingerprint density at radius 3 is 2.18 bits per heavy atom. The van der Waals surface area contributed by atoms with E-state index in [4.69, 9.17) is 11.6 Å². The molecule has 0 unspecified atom stereocenters. The highest BCUT2D eigenvalue weighted by Gasteiger charge is 2.17. The number of hydrogen-bond donors (Lipinski definition) is 1. The molecule has 0 heterocycles. The first kappa shape index (κ1) is 8.50. The maximum absolute atomic E-state index is 12.4. The van der Waals surface area contributed by atoms with Crippen LogP contribution in [0.15, 0.2) is 24.3 Å². The molecule has 0 saturated heterocycles. The molecule has 0 bridgehead atoms. The first-order valence-corrected chi connectivity index (χ1v) is 3.55. The average molecular weight is 175 g/mol. The van der Waals surface area contributed by atoms with Crippen LogP contribution in [0.1, 0.15) is 12.5 Å². The summed E-state index contributed by atoms with van der Waals surface area (Å²) >= 11 is 5.54. The fourth-order valence-electron chi connectivity index (χ4n) is 0.754. The van der Waals surface area contributed by atoms with E-state index in [1.165, 1.54) is 31.2 Å². The second kappa shape index (κ2) is 2.80. The van der Waals surface area contributed by atoms with E-state index in [9.17, 15) is 9.50 Å². The van der Waals surface area contributed by atoms with Gasteiger partial charge in [0.15, 0.2) is 5.06 Å². The summed E-state index contributed by atoms with van der Waals surface area (Å²) in [5, 5.41) is 7.81. The van der Waals surface area contributed by atoms with Crippen molar-refractivity contribution < 1.29 is 9.50 Å². The molecule has 1 rings (SSSR count). The van der Waals surface area contributed by atoms with Crippen LogP contribution in [0.4, 0.5) is 4.39 Å². The summed E-state index contributed by atoms with van der Waals surface area (Å²) in [5.74, 6) is -0.338. The van der Waals surface area contributed by atoms with E-state index in [1.54, 1.807) is 0 Å². The summed E-state index contributed by atoms with van der Waals surface area (Å²) in [7, 11) is 0. The lowest BCUT2D eigenvalue weighted by atomic mass is 10.1. The van der Waals surface area contributed by atoms with E-state index in [1.807, 2.05) is 0 Å². The highest BCUT2D eigenvalue weighted by molar-refractivity contribution is 6.22. The van der Waals surface area contributed by atoms with Crippen LogP contribution in [-0.2, 0) is 5.06 Å². The summed E-state index contributed by atoms with van der Waals surface area (Å²) in [5.41, 5.74) is 0.487. The number of alkyl halides is 1. The van der Waals surface area contributed by atoms with Crippen LogP contribution >= 0.6 is 11.6 Å². The first-order chi connectivity index (χ1) is 5.00. The number of aliphatic hydroxyl groups is 1. The van der Waals surface area contributed by atoms with Gasteiger partial charge in [-0.05, 0) is 24.6 Å². The Labute approximate surface area is 69.4 Å². The third-order valence-corrected chi connectivity index (χ3v) is 1.59. The lowest BCUT2D eigenvalue weighted by Crippen LogP contribution is -2.11. The number of benzene rings is 1. The second-order valence-electron chi connectivity index (χ2n) is 2.46. The van der Waals surface area contributed by atoms with Gasteiger partial charge in [0.2, 0.25) is 0 Å². The molecule has 1 nitrogen and oxygen atoms in total. The summed E-state index contributed by atoms with van der Waals surface area (Å²) < 4.78 is 12.4. The Kier molecular flexibility index (Phi) is 2.16.